The average molecular weight is 426 g/mol. The van der Waals surface area contributed by atoms with Crippen LogP contribution >= 0.6 is 11.6 Å². The molecule has 2 aromatic rings. The number of nitro groups is 1. The van der Waals surface area contributed by atoms with Gasteiger partial charge in [-0.05, 0) is 24.3 Å². The highest BCUT2D eigenvalue weighted by molar-refractivity contribution is 7.89. The molecule has 9 nitrogen and oxygen atoms in total. The summed E-state index contributed by atoms with van der Waals surface area (Å²) in [4.78, 5) is 22.6. The Morgan fingerprint density at radius 3 is 2.57 bits per heavy atom. The molecule has 0 bridgehead atoms. The average Bonchev–Trinajstić information content (AvgIpc) is 2.69. The number of rotatable bonds is 5. The van der Waals surface area contributed by atoms with E-state index >= 15 is 0 Å². The maximum Gasteiger partial charge on any atom is 0.271 e. The number of carbonyl (C=O) groups excluding carboxylic acids is 1. The molecule has 148 valence electrons. The summed E-state index contributed by atoms with van der Waals surface area (Å²) in [5, 5.41) is 13.4. The molecule has 0 aliphatic carbocycles. The van der Waals surface area contributed by atoms with E-state index in [0.717, 1.165) is 0 Å². The Morgan fingerprint density at radius 1 is 1.18 bits per heavy atom. The van der Waals surface area contributed by atoms with Crippen LogP contribution in [-0.4, -0.2) is 49.9 Å². The van der Waals surface area contributed by atoms with E-state index in [-0.39, 0.29) is 53.2 Å². The first-order chi connectivity index (χ1) is 13.3. The highest BCUT2D eigenvalue weighted by Gasteiger charge is 2.29. The number of anilines is 1. The summed E-state index contributed by atoms with van der Waals surface area (Å²) < 4.78 is 32.1. The van der Waals surface area contributed by atoms with Crippen molar-refractivity contribution in [1.82, 2.24) is 4.31 Å². The fraction of sp³-hybridized carbons (Fsp3) is 0.235. The summed E-state index contributed by atoms with van der Waals surface area (Å²) in [6, 6.07) is 9.34. The van der Waals surface area contributed by atoms with Crippen LogP contribution in [0.15, 0.2) is 47.4 Å². The van der Waals surface area contributed by atoms with Crippen LogP contribution < -0.4 is 5.32 Å². The van der Waals surface area contributed by atoms with Crippen molar-refractivity contribution in [2.45, 2.75) is 4.90 Å². The van der Waals surface area contributed by atoms with Crippen LogP contribution in [0, 0.1) is 10.1 Å². The molecule has 0 radical (unpaired) electrons. The molecule has 1 heterocycles. The van der Waals surface area contributed by atoms with Crippen molar-refractivity contribution in [3.8, 4) is 0 Å². The maximum absolute atomic E-state index is 12.8. The summed E-state index contributed by atoms with van der Waals surface area (Å²) in [5.41, 5.74) is 0.0963. The Morgan fingerprint density at radius 2 is 1.89 bits per heavy atom. The van der Waals surface area contributed by atoms with Gasteiger partial charge in [-0.25, -0.2) is 8.42 Å². The van der Waals surface area contributed by atoms with Crippen LogP contribution in [-0.2, 0) is 14.8 Å². The van der Waals surface area contributed by atoms with E-state index in [1.807, 2.05) is 0 Å². The van der Waals surface area contributed by atoms with Crippen molar-refractivity contribution in [1.29, 1.82) is 0 Å². The Balaban J connectivity index is 1.87. The second kappa shape index (κ2) is 8.23. The van der Waals surface area contributed by atoms with Crippen LogP contribution in [0.3, 0.4) is 0 Å². The Hall–Kier alpha value is -2.53. The fourth-order valence-corrected chi connectivity index (χ4v) is 4.58. The molecule has 0 saturated carbocycles. The smallest absolute Gasteiger partial charge is 0.271 e. The SMILES string of the molecule is O=C(Nc1cccc([N+](=O)[O-])c1)c1ccc(Cl)c(S(=O)(=O)N2CCOCC2)c1. The van der Waals surface area contributed by atoms with E-state index in [1.165, 1.54) is 46.8 Å². The lowest BCUT2D eigenvalue weighted by Crippen LogP contribution is -2.40. The molecule has 0 spiro atoms. The number of non-ortho nitro benzene ring substituents is 1. The number of carbonyl (C=O) groups is 1. The summed E-state index contributed by atoms with van der Waals surface area (Å²) in [5.74, 6) is -0.615. The predicted octanol–water partition coefficient (Wildman–Crippen LogP) is 2.52. The molecule has 3 rings (SSSR count). The minimum absolute atomic E-state index is 0.00149. The Labute approximate surface area is 166 Å². The Bertz CT molecular complexity index is 1020. The van der Waals surface area contributed by atoms with Crippen molar-refractivity contribution in [2.24, 2.45) is 0 Å². The number of nitrogens with zero attached hydrogens (tertiary/aromatic N) is 2. The lowest BCUT2D eigenvalue weighted by Gasteiger charge is -2.26. The maximum atomic E-state index is 12.8. The van der Waals surface area contributed by atoms with Gasteiger partial charge in [-0.3, -0.25) is 14.9 Å². The second-order valence-corrected chi connectivity index (χ2v) is 8.24. The second-order valence-electron chi connectivity index (χ2n) is 5.92. The van der Waals surface area contributed by atoms with Gasteiger partial charge in [0.15, 0.2) is 0 Å². The first kappa shape index (κ1) is 20.2. The minimum Gasteiger partial charge on any atom is -0.379 e. The first-order valence-electron chi connectivity index (χ1n) is 8.22. The van der Waals surface area contributed by atoms with Crippen LogP contribution in [0.2, 0.25) is 5.02 Å². The predicted molar refractivity (Wildman–Crippen MR) is 102 cm³/mol. The van der Waals surface area contributed by atoms with E-state index in [1.54, 1.807) is 0 Å². The molecule has 1 amide bonds. The molecule has 0 aromatic heterocycles. The van der Waals surface area contributed by atoms with Crippen molar-refractivity contribution >= 4 is 38.9 Å². The molecule has 11 heteroatoms. The zero-order chi connectivity index (χ0) is 20.3. The van der Waals surface area contributed by atoms with Crippen LogP contribution in [0.5, 0.6) is 0 Å². The summed E-state index contributed by atoms with van der Waals surface area (Å²) in [6.07, 6.45) is 0. The largest absolute Gasteiger partial charge is 0.379 e. The van der Waals surface area contributed by atoms with E-state index in [0.29, 0.717) is 0 Å². The van der Waals surface area contributed by atoms with Gasteiger partial charge in [-0.2, -0.15) is 4.31 Å². The van der Waals surface area contributed by atoms with E-state index in [9.17, 15) is 23.3 Å². The number of halogens is 1. The highest BCUT2D eigenvalue weighted by Crippen LogP contribution is 2.27. The fourth-order valence-electron chi connectivity index (χ4n) is 2.67. The number of benzene rings is 2. The summed E-state index contributed by atoms with van der Waals surface area (Å²) >= 11 is 6.08. The van der Waals surface area contributed by atoms with E-state index in [2.05, 4.69) is 5.32 Å². The number of nitro benzene ring substituents is 1. The van der Waals surface area contributed by atoms with Gasteiger partial charge < -0.3 is 10.1 Å². The number of amides is 1. The first-order valence-corrected chi connectivity index (χ1v) is 10.0. The van der Waals surface area contributed by atoms with Crippen LogP contribution in [0.4, 0.5) is 11.4 Å². The van der Waals surface area contributed by atoms with Crippen molar-refractivity contribution in [3.05, 3.63) is 63.2 Å². The molecule has 1 N–H and O–H groups in total. The molecule has 1 fully saturated rings. The van der Waals surface area contributed by atoms with E-state index < -0.39 is 20.9 Å². The van der Waals surface area contributed by atoms with Gasteiger partial charge >= 0.3 is 0 Å². The molecule has 0 unspecified atom stereocenters. The monoisotopic (exact) mass is 425 g/mol. The summed E-state index contributed by atoms with van der Waals surface area (Å²) in [6.45, 7) is 0.958. The van der Waals surface area contributed by atoms with E-state index in [4.69, 9.17) is 16.3 Å². The molecule has 1 aliphatic rings. The molecule has 2 aromatic carbocycles. The van der Waals surface area contributed by atoms with Crippen molar-refractivity contribution in [2.75, 3.05) is 31.6 Å². The van der Waals surface area contributed by atoms with Gasteiger partial charge in [0, 0.05) is 36.5 Å². The molecule has 28 heavy (non-hydrogen) atoms. The van der Waals surface area contributed by atoms with Gasteiger partial charge in [0.05, 0.1) is 23.2 Å². The van der Waals surface area contributed by atoms with Crippen LogP contribution in [0.25, 0.3) is 0 Å². The molecular formula is C17H16ClN3O6S. The minimum atomic E-state index is -3.89. The molecular weight excluding hydrogens is 410 g/mol. The van der Waals surface area contributed by atoms with Gasteiger partial charge in [-0.15, -0.1) is 0 Å². The molecule has 0 atom stereocenters. The normalized spacial score (nSPS) is 15.2. The van der Waals surface area contributed by atoms with Crippen molar-refractivity contribution in [3.63, 3.8) is 0 Å². The number of morpholine rings is 1. The number of sulfonamides is 1. The van der Waals surface area contributed by atoms with Gasteiger partial charge in [0.25, 0.3) is 11.6 Å². The Kier molecular flexibility index (Phi) is 5.94. The number of nitrogens with one attached hydrogen (secondary N) is 1. The lowest BCUT2D eigenvalue weighted by atomic mass is 10.2. The third kappa shape index (κ3) is 4.30. The van der Waals surface area contributed by atoms with Gasteiger partial charge in [0.2, 0.25) is 10.0 Å². The third-order valence-electron chi connectivity index (χ3n) is 4.10. The molecule has 1 aliphatic heterocycles. The highest BCUT2D eigenvalue weighted by atomic mass is 35.5. The topological polar surface area (TPSA) is 119 Å². The lowest BCUT2D eigenvalue weighted by molar-refractivity contribution is -0.384. The standard InChI is InChI=1S/C17H16ClN3O6S/c18-15-5-4-12(10-16(15)28(25,26)20-6-8-27-9-7-20)17(22)19-13-2-1-3-14(11-13)21(23)24/h1-5,10-11H,6-9H2,(H,19,22). The van der Waals surface area contributed by atoms with Gasteiger partial charge in [-0.1, -0.05) is 17.7 Å². The van der Waals surface area contributed by atoms with Crippen LogP contribution in [0.1, 0.15) is 10.4 Å². The van der Waals surface area contributed by atoms with Crippen molar-refractivity contribution < 1.29 is 22.9 Å². The number of ether oxygens (including phenoxy) is 1. The third-order valence-corrected chi connectivity index (χ3v) is 6.48. The zero-order valence-electron chi connectivity index (χ0n) is 14.5. The van der Waals surface area contributed by atoms with Gasteiger partial charge in [0.1, 0.15) is 4.90 Å². The number of hydrogen-bond donors (Lipinski definition) is 1. The zero-order valence-corrected chi connectivity index (χ0v) is 16.1. The number of hydrogen-bond acceptors (Lipinski definition) is 6. The molecule has 1 saturated heterocycles. The quantitative estimate of drug-likeness (QED) is 0.580. The summed E-state index contributed by atoms with van der Waals surface area (Å²) in [7, 11) is -3.89.